The van der Waals surface area contributed by atoms with E-state index in [0.717, 1.165) is 0 Å². The lowest BCUT2D eigenvalue weighted by Gasteiger charge is -2.27. The second kappa shape index (κ2) is 5.02. The van der Waals surface area contributed by atoms with Crippen LogP contribution in [0.15, 0.2) is 18.2 Å². The average molecular weight is 264 g/mol. The zero-order chi connectivity index (χ0) is 12.3. The maximum Gasteiger partial charge on any atom is 0.235 e. The number of hydrogen-bond donors (Lipinski definition) is 1. The second-order valence-electron chi connectivity index (χ2n) is 3.93. The summed E-state index contributed by atoms with van der Waals surface area (Å²) >= 11 is 11.2. The molecule has 5 heteroatoms. The predicted octanol–water partition coefficient (Wildman–Crippen LogP) is 3.07. The SMILES string of the molecule is CC(C)(NC(=O)CCl)c1cc(Cl)ccc1F. The number of nitrogens with one attached hydrogen (secondary N) is 1. The minimum atomic E-state index is -0.846. The van der Waals surface area contributed by atoms with Crippen molar-refractivity contribution < 1.29 is 9.18 Å². The fraction of sp³-hybridized carbons (Fsp3) is 0.364. The van der Waals surface area contributed by atoms with Crippen LogP contribution in [0.2, 0.25) is 5.02 Å². The van der Waals surface area contributed by atoms with Gasteiger partial charge in [0.2, 0.25) is 5.91 Å². The first kappa shape index (κ1) is 13.3. The van der Waals surface area contributed by atoms with E-state index in [0.29, 0.717) is 10.6 Å². The molecule has 88 valence electrons. The van der Waals surface area contributed by atoms with Crippen molar-refractivity contribution in [3.05, 3.63) is 34.6 Å². The fourth-order valence-corrected chi connectivity index (χ4v) is 1.66. The molecule has 0 bridgehead atoms. The van der Waals surface area contributed by atoms with Crippen LogP contribution >= 0.6 is 23.2 Å². The Morgan fingerprint density at radius 3 is 2.69 bits per heavy atom. The van der Waals surface area contributed by atoms with Crippen molar-refractivity contribution in [2.45, 2.75) is 19.4 Å². The van der Waals surface area contributed by atoms with Gasteiger partial charge in [-0.2, -0.15) is 0 Å². The van der Waals surface area contributed by atoms with Crippen molar-refractivity contribution >= 4 is 29.1 Å². The summed E-state index contributed by atoms with van der Waals surface area (Å²) in [6, 6.07) is 4.22. The molecule has 0 aromatic heterocycles. The highest BCUT2D eigenvalue weighted by atomic mass is 35.5. The van der Waals surface area contributed by atoms with E-state index in [4.69, 9.17) is 23.2 Å². The first-order valence-corrected chi connectivity index (χ1v) is 5.60. The van der Waals surface area contributed by atoms with Crippen molar-refractivity contribution in [2.75, 3.05) is 5.88 Å². The predicted molar refractivity (Wildman–Crippen MR) is 63.3 cm³/mol. The molecule has 0 aliphatic heterocycles. The molecular weight excluding hydrogens is 252 g/mol. The lowest BCUT2D eigenvalue weighted by molar-refractivity contribution is -0.120. The Kier molecular flexibility index (Phi) is 4.16. The molecule has 0 unspecified atom stereocenters. The highest BCUT2D eigenvalue weighted by Crippen LogP contribution is 2.26. The van der Waals surface area contributed by atoms with E-state index in [-0.39, 0.29) is 11.8 Å². The van der Waals surface area contributed by atoms with Crippen molar-refractivity contribution in [1.82, 2.24) is 5.32 Å². The lowest BCUT2D eigenvalue weighted by atomic mass is 9.93. The highest BCUT2D eigenvalue weighted by molar-refractivity contribution is 6.30. The van der Waals surface area contributed by atoms with Gasteiger partial charge in [-0.3, -0.25) is 4.79 Å². The molecule has 0 atom stereocenters. The zero-order valence-corrected chi connectivity index (χ0v) is 10.5. The Labute approximate surface area is 104 Å². The third-order valence-corrected chi connectivity index (χ3v) is 2.65. The van der Waals surface area contributed by atoms with Crippen LogP contribution in [0, 0.1) is 5.82 Å². The van der Waals surface area contributed by atoms with Gasteiger partial charge in [0.25, 0.3) is 0 Å². The molecule has 1 aromatic carbocycles. The van der Waals surface area contributed by atoms with Gasteiger partial charge in [-0.25, -0.2) is 4.39 Å². The van der Waals surface area contributed by atoms with Crippen LogP contribution in [0.5, 0.6) is 0 Å². The van der Waals surface area contributed by atoms with Gasteiger partial charge in [0.05, 0.1) is 5.54 Å². The average Bonchev–Trinajstić information content (AvgIpc) is 2.20. The smallest absolute Gasteiger partial charge is 0.235 e. The molecule has 0 saturated heterocycles. The van der Waals surface area contributed by atoms with E-state index >= 15 is 0 Å². The van der Waals surface area contributed by atoms with Gasteiger partial charge >= 0.3 is 0 Å². The molecule has 0 heterocycles. The van der Waals surface area contributed by atoms with Gasteiger partial charge in [0, 0.05) is 10.6 Å². The largest absolute Gasteiger partial charge is 0.346 e. The van der Waals surface area contributed by atoms with Crippen molar-refractivity contribution in [3.63, 3.8) is 0 Å². The van der Waals surface area contributed by atoms with E-state index < -0.39 is 11.4 Å². The van der Waals surface area contributed by atoms with E-state index in [1.165, 1.54) is 18.2 Å². The molecule has 0 saturated carbocycles. The fourth-order valence-electron chi connectivity index (χ4n) is 1.43. The molecule has 1 rings (SSSR count). The van der Waals surface area contributed by atoms with Crippen LogP contribution in [0.4, 0.5) is 4.39 Å². The molecule has 1 amide bonds. The third-order valence-electron chi connectivity index (χ3n) is 2.18. The number of rotatable bonds is 3. The number of alkyl halides is 1. The zero-order valence-electron chi connectivity index (χ0n) is 8.98. The Hall–Kier alpha value is -0.800. The van der Waals surface area contributed by atoms with Gasteiger partial charge in [0.1, 0.15) is 11.7 Å². The molecule has 1 aromatic rings. The van der Waals surface area contributed by atoms with Gasteiger partial charge in [-0.05, 0) is 32.0 Å². The Balaban J connectivity index is 3.05. The number of hydrogen-bond acceptors (Lipinski definition) is 1. The second-order valence-corrected chi connectivity index (χ2v) is 4.63. The van der Waals surface area contributed by atoms with Crippen molar-refractivity contribution in [1.29, 1.82) is 0 Å². The van der Waals surface area contributed by atoms with E-state index in [9.17, 15) is 9.18 Å². The standard InChI is InChI=1S/C11H12Cl2FNO/c1-11(2,15-10(16)6-12)8-5-7(13)3-4-9(8)14/h3-5H,6H2,1-2H3,(H,15,16). The number of halogens is 3. The van der Waals surface area contributed by atoms with E-state index in [2.05, 4.69) is 5.32 Å². The number of carbonyl (C=O) groups excluding carboxylic acids is 1. The Morgan fingerprint density at radius 1 is 1.50 bits per heavy atom. The summed E-state index contributed by atoms with van der Waals surface area (Å²) in [4.78, 5) is 11.2. The van der Waals surface area contributed by atoms with Crippen LogP contribution < -0.4 is 5.32 Å². The third kappa shape index (κ3) is 3.09. The Bertz CT molecular complexity index is 407. The summed E-state index contributed by atoms with van der Waals surface area (Å²) in [5.41, 5.74) is -0.514. The number of amides is 1. The molecule has 0 aliphatic rings. The summed E-state index contributed by atoms with van der Waals surface area (Å²) in [5.74, 6) is -0.929. The summed E-state index contributed by atoms with van der Waals surface area (Å²) < 4.78 is 13.6. The van der Waals surface area contributed by atoms with Gasteiger partial charge in [0.15, 0.2) is 0 Å². The van der Waals surface area contributed by atoms with Crippen LogP contribution in [-0.4, -0.2) is 11.8 Å². The Morgan fingerprint density at radius 2 is 2.12 bits per heavy atom. The van der Waals surface area contributed by atoms with Gasteiger partial charge in [-0.1, -0.05) is 11.6 Å². The van der Waals surface area contributed by atoms with E-state index in [1.807, 2.05) is 0 Å². The maximum absolute atomic E-state index is 13.6. The minimum Gasteiger partial charge on any atom is -0.346 e. The van der Waals surface area contributed by atoms with Crippen molar-refractivity contribution in [3.8, 4) is 0 Å². The molecule has 0 aliphatic carbocycles. The molecule has 0 radical (unpaired) electrons. The summed E-state index contributed by atoms with van der Waals surface area (Å²) in [5, 5.41) is 3.04. The first-order chi connectivity index (χ1) is 7.36. The van der Waals surface area contributed by atoms with Crippen LogP contribution in [0.3, 0.4) is 0 Å². The monoisotopic (exact) mass is 263 g/mol. The first-order valence-electron chi connectivity index (χ1n) is 4.69. The minimum absolute atomic E-state index is 0.161. The molecule has 1 N–H and O–H groups in total. The molecule has 0 fully saturated rings. The lowest BCUT2D eigenvalue weighted by Crippen LogP contribution is -2.42. The van der Waals surface area contributed by atoms with Gasteiger partial charge < -0.3 is 5.32 Å². The summed E-state index contributed by atoms with van der Waals surface area (Å²) in [7, 11) is 0. The molecule has 0 spiro atoms. The number of benzene rings is 1. The normalized spacial score (nSPS) is 11.3. The quantitative estimate of drug-likeness (QED) is 0.835. The highest BCUT2D eigenvalue weighted by Gasteiger charge is 2.25. The van der Waals surface area contributed by atoms with Crippen LogP contribution in [-0.2, 0) is 10.3 Å². The maximum atomic E-state index is 13.6. The van der Waals surface area contributed by atoms with Crippen LogP contribution in [0.25, 0.3) is 0 Å². The van der Waals surface area contributed by atoms with E-state index in [1.54, 1.807) is 13.8 Å². The van der Waals surface area contributed by atoms with Gasteiger partial charge in [-0.15, -0.1) is 11.6 Å². The van der Waals surface area contributed by atoms with Crippen LogP contribution in [0.1, 0.15) is 19.4 Å². The topological polar surface area (TPSA) is 29.1 Å². The molecule has 16 heavy (non-hydrogen) atoms. The summed E-state index contributed by atoms with van der Waals surface area (Å²) in [6.07, 6.45) is 0. The number of carbonyl (C=O) groups is 1. The van der Waals surface area contributed by atoms with Crippen molar-refractivity contribution in [2.24, 2.45) is 0 Å². The molecule has 2 nitrogen and oxygen atoms in total. The molecular formula is C11H12Cl2FNO. The summed E-state index contributed by atoms with van der Waals surface area (Å²) in [6.45, 7) is 3.37.